The smallest absolute Gasteiger partial charge is 0.228 e. The number of rotatable bonds is 6. The average Bonchev–Trinajstić information content (AvgIpc) is 2.37. The number of hydrogen-bond acceptors (Lipinski definition) is 1. The Bertz CT molecular complexity index is 402. The first kappa shape index (κ1) is 15.0. The van der Waals surface area contributed by atoms with E-state index in [1.54, 1.807) is 0 Å². The van der Waals surface area contributed by atoms with Crippen LogP contribution >= 0.6 is 15.9 Å². The van der Waals surface area contributed by atoms with Crippen molar-refractivity contribution in [3.63, 3.8) is 0 Å². The first-order chi connectivity index (χ1) is 8.56. The molecule has 3 heteroatoms. The van der Waals surface area contributed by atoms with E-state index < -0.39 is 0 Å². The van der Waals surface area contributed by atoms with Crippen molar-refractivity contribution in [2.45, 2.75) is 26.2 Å². The lowest BCUT2D eigenvalue weighted by Crippen LogP contribution is -2.33. The Morgan fingerprint density at radius 3 is 2.50 bits per heavy atom. The predicted molar refractivity (Wildman–Crippen MR) is 79.7 cm³/mol. The van der Waals surface area contributed by atoms with Gasteiger partial charge >= 0.3 is 0 Å². The van der Waals surface area contributed by atoms with Crippen molar-refractivity contribution in [2.75, 3.05) is 6.54 Å². The predicted octanol–water partition coefficient (Wildman–Crippen LogP) is 3.84. The molecule has 0 radical (unpaired) electrons. The third-order valence-electron chi connectivity index (χ3n) is 3.11. The molecule has 0 fully saturated rings. The maximum absolute atomic E-state index is 12.3. The zero-order valence-electron chi connectivity index (χ0n) is 10.9. The molecule has 0 heterocycles. The SMILES string of the molecule is C=C(Br)CNC(=O)C(c1ccccc1)C(C)CC. The third kappa shape index (κ3) is 4.30. The molecule has 1 N–H and O–H groups in total. The number of halogens is 1. The van der Waals surface area contributed by atoms with E-state index in [4.69, 9.17) is 0 Å². The van der Waals surface area contributed by atoms with Crippen molar-refractivity contribution in [2.24, 2.45) is 5.92 Å². The zero-order chi connectivity index (χ0) is 13.5. The summed E-state index contributed by atoms with van der Waals surface area (Å²) in [6.45, 7) is 8.42. The molecule has 2 atom stereocenters. The highest BCUT2D eigenvalue weighted by Gasteiger charge is 2.25. The molecule has 1 aromatic rings. The van der Waals surface area contributed by atoms with Crippen LogP contribution in [0.1, 0.15) is 31.7 Å². The van der Waals surface area contributed by atoms with Gasteiger partial charge in [0.2, 0.25) is 5.91 Å². The second-order valence-electron chi connectivity index (χ2n) is 4.51. The first-order valence-electron chi connectivity index (χ1n) is 6.22. The van der Waals surface area contributed by atoms with Gasteiger partial charge in [0.15, 0.2) is 0 Å². The molecule has 0 aliphatic carbocycles. The number of benzene rings is 1. The summed E-state index contributed by atoms with van der Waals surface area (Å²) >= 11 is 3.25. The van der Waals surface area contributed by atoms with E-state index in [1.165, 1.54) is 0 Å². The monoisotopic (exact) mass is 309 g/mol. The summed E-state index contributed by atoms with van der Waals surface area (Å²) in [4.78, 5) is 12.3. The maximum Gasteiger partial charge on any atom is 0.228 e. The number of nitrogens with one attached hydrogen (secondary N) is 1. The number of amides is 1. The quantitative estimate of drug-likeness (QED) is 0.850. The van der Waals surface area contributed by atoms with Gasteiger partial charge in [0.05, 0.1) is 5.92 Å². The van der Waals surface area contributed by atoms with Crippen LogP contribution in [0.4, 0.5) is 0 Å². The fraction of sp³-hybridized carbons (Fsp3) is 0.400. The highest BCUT2D eigenvalue weighted by molar-refractivity contribution is 9.11. The molecular formula is C15H20BrNO. The molecule has 98 valence electrons. The lowest BCUT2D eigenvalue weighted by Gasteiger charge is -2.22. The second-order valence-corrected chi connectivity index (χ2v) is 5.63. The van der Waals surface area contributed by atoms with Gasteiger partial charge in [-0.15, -0.1) is 0 Å². The zero-order valence-corrected chi connectivity index (χ0v) is 12.5. The summed E-state index contributed by atoms with van der Waals surface area (Å²) in [7, 11) is 0. The Morgan fingerprint density at radius 1 is 1.39 bits per heavy atom. The minimum atomic E-state index is -0.0944. The van der Waals surface area contributed by atoms with Crippen molar-refractivity contribution in [1.82, 2.24) is 5.32 Å². The van der Waals surface area contributed by atoms with E-state index in [9.17, 15) is 4.79 Å². The molecule has 18 heavy (non-hydrogen) atoms. The fourth-order valence-electron chi connectivity index (χ4n) is 1.93. The molecule has 1 aromatic carbocycles. The van der Waals surface area contributed by atoms with E-state index >= 15 is 0 Å². The molecule has 0 aromatic heterocycles. The minimum Gasteiger partial charge on any atom is -0.351 e. The van der Waals surface area contributed by atoms with E-state index in [0.717, 1.165) is 16.5 Å². The Hall–Kier alpha value is -1.09. The van der Waals surface area contributed by atoms with Crippen LogP contribution in [-0.4, -0.2) is 12.5 Å². The Morgan fingerprint density at radius 2 is 2.00 bits per heavy atom. The van der Waals surface area contributed by atoms with Gasteiger partial charge in [-0.25, -0.2) is 0 Å². The van der Waals surface area contributed by atoms with Crippen LogP contribution in [0.25, 0.3) is 0 Å². The van der Waals surface area contributed by atoms with Gasteiger partial charge in [-0.05, 0) is 11.5 Å². The van der Waals surface area contributed by atoms with Crippen LogP contribution in [0.2, 0.25) is 0 Å². The summed E-state index contributed by atoms with van der Waals surface area (Å²) < 4.78 is 0.784. The van der Waals surface area contributed by atoms with Crippen LogP contribution in [0.3, 0.4) is 0 Å². The topological polar surface area (TPSA) is 29.1 Å². The molecule has 0 aliphatic rings. The first-order valence-corrected chi connectivity index (χ1v) is 7.01. The fourth-order valence-corrected chi connectivity index (χ4v) is 2.07. The molecule has 2 nitrogen and oxygen atoms in total. The van der Waals surface area contributed by atoms with Crippen molar-refractivity contribution < 1.29 is 4.79 Å². The van der Waals surface area contributed by atoms with Gasteiger partial charge in [0, 0.05) is 11.0 Å². The maximum atomic E-state index is 12.3. The number of carbonyl (C=O) groups is 1. The van der Waals surface area contributed by atoms with E-state index in [0.29, 0.717) is 12.5 Å². The summed E-state index contributed by atoms with van der Waals surface area (Å²) in [5.74, 6) is 0.287. The summed E-state index contributed by atoms with van der Waals surface area (Å²) in [5, 5.41) is 2.91. The summed E-state index contributed by atoms with van der Waals surface area (Å²) in [5.41, 5.74) is 1.07. The van der Waals surface area contributed by atoms with Crippen molar-refractivity contribution >= 4 is 21.8 Å². The largest absolute Gasteiger partial charge is 0.351 e. The van der Waals surface area contributed by atoms with Crippen LogP contribution in [0.15, 0.2) is 41.4 Å². The minimum absolute atomic E-state index is 0.0659. The molecule has 2 unspecified atom stereocenters. The Balaban J connectivity index is 2.85. The molecule has 0 aliphatic heterocycles. The Kier molecular flexibility index (Phi) is 6.13. The van der Waals surface area contributed by atoms with Gasteiger partial charge in [0.25, 0.3) is 0 Å². The van der Waals surface area contributed by atoms with Gasteiger partial charge in [0.1, 0.15) is 0 Å². The molecule has 1 rings (SSSR count). The van der Waals surface area contributed by atoms with Crippen molar-refractivity contribution in [3.8, 4) is 0 Å². The summed E-state index contributed by atoms with van der Waals surface area (Å²) in [6.07, 6.45) is 0.974. The standard InChI is InChI=1S/C15H20BrNO/c1-4-11(2)14(13-8-6-5-7-9-13)15(18)17-10-12(3)16/h5-9,11,14H,3-4,10H2,1-2H3,(H,17,18). The van der Waals surface area contributed by atoms with E-state index in [-0.39, 0.29) is 11.8 Å². The van der Waals surface area contributed by atoms with Crippen LogP contribution < -0.4 is 5.32 Å². The molecule has 0 spiro atoms. The number of hydrogen-bond donors (Lipinski definition) is 1. The van der Waals surface area contributed by atoms with Gasteiger partial charge in [-0.1, -0.05) is 73.1 Å². The van der Waals surface area contributed by atoms with E-state index in [1.807, 2.05) is 30.3 Å². The molecule has 0 bridgehead atoms. The summed E-state index contributed by atoms with van der Waals surface area (Å²) in [6, 6.07) is 9.94. The van der Waals surface area contributed by atoms with Crippen molar-refractivity contribution in [1.29, 1.82) is 0 Å². The van der Waals surface area contributed by atoms with Gasteiger partial charge < -0.3 is 5.32 Å². The van der Waals surface area contributed by atoms with E-state index in [2.05, 4.69) is 41.7 Å². The molecule has 0 saturated heterocycles. The highest BCUT2D eigenvalue weighted by atomic mass is 79.9. The lowest BCUT2D eigenvalue weighted by atomic mass is 9.85. The normalized spacial score (nSPS) is 13.7. The molecule has 1 amide bonds. The molecular weight excluding hydrogens is 290 g/mol. The number of carbonyl (C=O) groups excluding carboxylic acids is 1. The second kappa shape index (κ2) is 7.37. The third-order valence-corrected chi connectivity index (χ3v) is 3.39. The van der Waals surface area contributed by atoms with Crippen LogP contribution in [0, 0.1) is 5.92 Å². The van der Waals surface area contributed by atoms with Gasteiger partial charge in [-0.3, -0.25) is 4.79 Å². The Labute approximate surface area is 118 Å². The van der Waals surface area contributed by atoms with Crippen LogP contribution in [0.5, 0.6) is 0 Å². The lowest BCUT2D eigenvalue weighted by molar-refractivity contribution is -0.123. The molecule has 0 saturated carbocycles. The highest BCUT2D eigenvalue weighted by Crippen LogP contribution is 2.27. The average molecular weight is 310 g/mol. The van der Waals surface area contributed by atoms with Crippen LogP contribution in [-0.2, 0) is 4.79 Å². The van der Waals surface area contributed by atoms with Gasteiger partial charge in [-0.2, -0.15) is 0 Å². The van der Waals surface area contributed by atoms with Crippen molar-refractivity contribution in [3.05, 3.63) is 47.0 Å².